The number of esters is 3. The quantitative estimate of drug-likeness (QED) is 0.0402. The third-order valence-electron chi connectivity index (χ3n) is 8.36. The van der Waals surface area contributed by atoms with Crippen LogP contribution in [-0.4, -0.2) is 37.2 Å². The van der Waals surface area contributed by atoms with E-state index in [1.165, 1.54) is 109 Å². The lowest BCUT2D eigenvalue weighted by molar-refractivity contribution is -0.167. The maximum absolute atomic E-state index is 12.4. The van der Waals surface area contributed by atoms with Crippen LogP contribution >= 0.6 is 0 Å². The summed E-state index contributed by atoms with van der Waals surface area (Å²) in [7, 11) is 0. The van der Waals surface area contributed by atoms with Crippen LogP contribution in [0.4, 0.5) is 0 Å². The highest BCUT2D eigenvalue weighted by atomic mass is 16.6. The molecule has 0 aromatic carbocycles. The molecule has 0 aliphatic heterocycles. The summed E-state index contributed by atoms with van der Waals surface area (Å²) < 4.78 is 16.4. The van der Waals surface area contributed by atoms with E-state index in [0.29, 0.717) is 19.3 Å². The zero-order valence-corrected chi connectivity index (χ0v) is 29.4. The lowest BCUT2D eigenvalue weighted by Crippen LogP contribution is -2.30. The van der Waals surface area contributed by atoms with Crippen LogP contribution in [0.1, 0.15) is 207 Å². The summed E-state index contributed by atoms with van der Waals surface area (Å²) >= 11 is 0. The van der Waals surface area contributed by atoms with E-state index in [9.17, 15) is 14.4 Å². The molecule has 6 heteroatoms. The number of unbranched alkanes of at least 4 members (excludes halogenated alkanes) is 23. The fourth-order valence-electron chi connectivity index (χ4n) is 5.44. The standard InChI is InChI=1S/C38H72O6/c1-4-7-10-13-16-17-18-19-20-21-22-23-26-28-31-37(40)43-34-35(44-38(41)32-29-25-15-12-9-6-3)33-42-36(39)30-27-24-14-11-8-5-2/h35H,4-34H2,1-3H3. The highest BCUT2D eigenvalue weighted by Gasteiger charge is 2.19. The molecular formula is C38H72O6. The molecule has 0 spiro atoms. The molecule has 6 nitrogen and oxygen atoms in total. The molecule has 0 saturated carbocycles. The van der Waals surface area contributed by atoms with E-state index < -0.39 is 6.10 Å². The summed E-state index contributed by atoms with van der Waals surface area (Å²) in [5.41, 5.74) is 0. The van der Waals surface area contributed by atoms with Crippen molar-refractivity contribution in [1.82, 2.24) is 0 Å². The Morgan fingerprint density at radius 3 is 0.909 bits per heavy atom. The molecule has 1 atom stereocenters. The van der Waals surface area contributed by atoms with Crippen LogP contribution in [0, 0.1) is 0 Å². The Labute approximate surface area is 272 Å². The van der Waals surface area contributed by atoms with E-state index in [-0.39, 0.29) is 31.1 Å². The van der Waals surface area contributed by atoms with Crippen molar-refractivity contribution in [3.05, 3.63) is 0 Å². The Morgan fingerprint density at radius 1 is 0.364 bits per heavy atom. The van der Waals surface area contributed by atoms with Gasteiger partial charge in [0.05, 0.1) is 0 Å². The van der Waals surface area contributed by atoms with Crippen molar-refractivity contribution in [3.63, 3.8) is 0 Å². The molecule has 44 heavy (non-hydrogen) atoms. The van der Waals surface area contributed by atoms with E-state index in [0.717, 1.165) is 57.8 Å². The molecule has 0 amide bonds. The largest absolute Gasteiger partial charge is 0.462 e. The van der Waals surface area contributed by atoms with Crippen LogP contribution < -0.4 is 0 Å². The van der Waals surface area contributed by atoms with Crippen molar-refractivity contribution in [1.29, 1.82) is 0 Å². The van der Waals surface area contributed by atoms with Crippen molar-refractivity contribution in [3.8, 4) is 0 Å². The minimum Gasteiger partial charge on any atom is -0.462 e. The van der Waals surface area contributed by atoms with Crippen molar-refractivity contribution < 1.29 is 28.6 Å². The molecule has 1 unspecified atom stereocenters. The van der Waals surface area contributed by atoms with Crippen molar-refractivity contribution in [2.24, 2.45) is 0 Å². The predicted octanol–water partition coefficient (Wildman–Crippen LogP) is 11.4. The van der Waals surface area contributed by atoms with Crippen LogP contribution in [0.5, 0.6) is 0 Å². The SMILES string of the molecule is CCCCCCCCCCCCCCCCC(=O)OCC(COC(=O)CCCCCCCC)OC(=O)CCCCCCCC. The minimum atomic E-state index is -0.753. The van der Waals surface area contributed by atoms with Gasteiger partial charge in [-0.2, -0.15) is 0 Å². The number of rotatable bonds is 34. The molecule has 0 N–H and O–H groups in total. The fourth-order valence-corrected chi connectivity index (χ4v) is 5.44. The second-order valence-electron chi connectivity index (χ2n) is 12.9. The van der Waals surface area contributed by atoms with Crippen LogP contribution in [0.3, 0.4) is 0 Å². The first-order valence-corrected chi connectivity index (χ1v) is 19.0. The molecule has 0 rings (SSSR count). The van der Waals surface area contributed by atoms with E-state index >= 15 is 0 Å². The van der Waals surface area contributed by atoms with Crippen LogP contribution in [0.15, 0.2) is 0 Å². The molecule has 0 saturated heterocycles. The van der Waals surface area contributed by atoms with Crippen molar-refractivity contribution in [2.75, 3.05) is 13.2 Å². The first-order valence-electron chi connectivity index (χ1n) is 19.0. The van der Waals surface area contributed by atoms with E-state index in [1.807, 2.05) is 0 Å². The Kier molecular flexibility index (Phi) is 33.0. The van der Waals surface area contributed by atoms with Gasteiger partial charge in [0, 0.05) is 19.3 Å². The number of carbonyl (C=O) groups excluding carboxylic acids is 3. The Balaban J connectivity index is 4.18. The first kappa shape index (κ1) is 42.4. The van der Waals surface area contributed by atoms with Gasteiger partial charge in [-0.25, -0.2) is 0 Å². The highest BCUT2D eigenvalue weighted by Crippen LogP contribution is 2.14. The average molecular weight is 625 g/mol. The number of carbonyl (C=O) groups is 3. The molecule has 0 aromatic rings. The highest BCUT2D eigenvalue weighted by molar-refractivity contribution is 5.71. The third-order valence-corrected chi connectivity index (χ3v) is 8.36. The molecular weight excluding hydrogens is 552 g/mol. The van der Waals surface area contributed by atoms with E-state index in [4.69, 9.17) is 14.2 Å². The van der Waals surface area contributed by atoms with E-state index in [2.05, 4.69) is 20.8 Å². The van der Waals surface area contributed by atoms with Gasteiger partial charge in [-0.1, -0.05) is 168 Å². The monoisotopic (exact) mass is 625 g/mol. The lowest BCUT2D eigenvalue weighted by Gasteiger charge is -2.18. The molecule has 0 radical (unpaired) electrons. The Bertz CT molecular complexity index is 649. The zero-order chi connectivity index (χ0) is 32.4. The van der Waals surface area contributed by atoms with Gasteiger partial charge in [0.1, 0.15) is 13.2 Å². The van der Waals surface area contributed by atoms with Gasteiger partial charge < -0.3 is 14.2 Å². The number of ether oxygens (including phenoxy) is 3. The predicted molar refractivity (Wildman–Crippen MR) is 183 cm³/mol. The molecule has 0 fully saturated rings. The topological polar surface area (TPSA) is 78.9 Å². The summed E-state index contributed by atoms with van der Waals surface area (Å²) in [5.74, 6) is -0.883. The smallest absolute Gasteiger partial charge is 0.306 e. The van der Waals surface area contributed by atoms with Crippen LogP contribution in [0.2, 0.25) is 0 Å². The minimum absolute atomic E-state index is 0.0655. The van der Waals surface area contributed by atoms with Gasteiger partial charge in [0.2, 0.25) is 0 Å². The maximum Gasteiger partial charge on any atom is 0.306 e. The molecule has 260 valence electrons. The van der Waals surface area contributed by atoms with Gasteiger partial charge >= 0.3 is 17.9 Å². The summed E-state index contributed by atoms with van der Waals surface area (Å²) in [6, 6.07) is 0. The van der Waals surface area contributed by atoms with E-state index in [1.54, 1.807) is 0 Å². The normalized spacial score (nSPS) is 11.8. The number of hydrogen-bond donors (Lipinski definition) is 0. The third kappa shape index (κ3) is 31.8. The maximum atomic E-state index is 12.4. The second-order valence-corrected chi connectivity index (χ2v) is 12.9. The molecule has 0 heterocycles. The Hall–Kier alpha value is -1.59. The zero-order valence-electron chi connectivity index (χ0n) is 29.4. The summed E-state index contributed by atoms with van der Waals surface area (Å²) in [6.07, 6.45) is 31.2. The summed E-state index contributed by atoms with van der Waals surface area (Å²) in [6.45, 7) is 6.50. The van der Waals surface area contributed by atoms with Gasteiger partial charge in [0.25, 0.3) is 0 Å². The second kappa shape index (κ2) is 34.3. The van der Waals surface area contributed by atoms with Gasteiger partial charge in [0.15, 0.2) is 6.10 Å². The fraction of sp³-hybridized carbons (Fsp3) is 0.921. The van der Waals surface area contributed by atoms with Crippen molar-refractivity contribution in [2.45, 2.75) is 213 Å². The molecule has 0 aliphatic rings. The summed E-state index contributed by atoms with van der Waals surface area (Å²) in [4.78, 5) is 37.1. The van der Waals surface area contributed by atoms with Gasteiger partial charge in [-0.15, -0.1) is 0 Å². The first-order chi connectivity index (χ1) is 21.5. The van der Waals surface area contributed by atoms with Crippen molar-refractivity contribution >= 4 is 17.9 Å². The molecule has 0 aromatic heterocycles. The molecule has 0 aliphatic carbocycles. The average Bonchev–Trinajstić information content (AvgIpc) is 3.02. The van der Waals surface area contributed by atoms with Crippen LogP contribution in [0.25, 0.3) is 0 Å². The lowest BCUT2D eigenvalue weighted by atomic mass is 10.0. The summed E-state index contributed by atoms with van der Waals surface area (Å²) in [5, 5.41) is 0. The van der Waals surface area contributed by atoms with Gasteiger partial charge in [-0.3, -0.25) is 14.4 Å². The van der Waals surface area contributed by atoms with Gasteiger partial charge in [-0.05, 0) is 19.3 Å². The molecule has 0 bridgehead atoms. The Morgan fingerprint density at radius 2 is 0.614 bits per heavy atom. The van der Waals surface area contributed by atoms with Crippen LogP contribution in [-0.2, 0) is 28.6 Å². The number of hydrogen-bond acceptors (Lipinski definition) is 6.